The van der Waals surface area contributed by atoms with E-state index in [0.29, 0.717) is 11.8 Å². The fourth-order valence-electron chi connectivity index (χ4n) is 3.41. The van der Waals surface area contributed by atoms with Crippen LogP contribution in [0.15, 0.2) is 45.4 Å². The van der Waals surface area contributed by atoms with Gasteiger partial charge in [0, 0.05) is 19.2 Å². The lowest BCUT2D eigenvalue weighted by molar-refractivity contribution is -0.135. The van der Waals surface area contributed by atoms with Gasteiger partial charge in [0.15, 0.2) is 5.17 Å². The Morgan fingerprint density at radius 3 is 2.90 bits per heavy atom. The van der Waals surface area contributed by atoms with Crippen molar-refractivity contribution < 1.29 is 19.1 Å². The second kappa shape index (κ2) is 11.7. The van der Waals surface area contributed by atoms with Gasteiger partial charge in [-0.3, -0.25) is 10.1 Å². The van der Waals surface area contributed by atoms with Crippen molar-refractivity contribution in [3.05, 3.63) is 40.8 Å². The third kappa shape index (κ3) is 7.52. The molecule has 1 atom stereocenters. The Hall–Kier alpha value is -2.65. The number of thioether (sulfide) groups is 1. The maximum absolute atomic E-state index is 11.8. The summed E-state index contributed by atoms with van der Waals surface area (Å²) in [5.74, 6) is 0.633. The molecule has 1 aromatic carbocycles. The quantitative estimate of drug-likeness (QED) is 0.218. The summed E-state index contributed by atoms with van der Waals surface area (Å²) in [6, 6.07) is 7.60. The third-order valence-corrected chi connectivity index (χ3v) is 5.87. The van der Waals surface area contributed by atoms with Crippen molar-refractivity contribution in [1.29, 1.82) is 0 Å². The number of rotatable bonds is 8. The molecule has 3 rings (SSSR count). The first-order chi connectivity index (χ1) is 15.0. The number of amides is 1. The van der Waals surface area contributed by atoms with Crippen LogP contribution in [-0.2, 0) is 14.3 Å². The topological polar surface area (TPSA) is 92.6 Å². The molecule has 0 radical (unpaired) electrons. The number of ether oxygens (including phenoxy) is 2. The van der Waals surface area contributed by atoms with Crippen molar-refractivity contribution in [2.75, 3.05) is 33.4 Å². The molecule has 0 aliphatic carbocycles. The number of amidine groups is 1. The van der Waals surface area contributed by atoms with E-state index in [4.69, 9.17) is 4.74 Å². The largest absolute Gasteiger partial charge is 0.494 e. The van der Waals surface area contributed by atoms with E-state index >= 15 is 0 Å². The molecule has 0 spiro atoms. The van der Waals surface area contributed by atoms with Crippen molar-refractivity contribution in [2.24, 2.45) is 16.1 Å². The molecule has 1 amide bonds. The van der Waals surface area contributed by atoms with Gasteiger partial charge >= 0.3 is 5.97 Å². The van der Waals surface area contributed by atoms with Crippen LogP contribution in [0, 0.1) is 5.92 Å². The normalized spacial score (nSPS) is 22.3. The van der Waals surface area contributed by atoms with Gasteiger partial charge in [-0.05, 0) is 73.3 Å². The van der Waals surface area contributed by atoms with Crippen molar-refractivity contribution in [3.63, 3.8) is 0 Å². The van der Waals surface area contributed by atoms with E-state index in [-0.39, 0.29) is 4.91 Å². The van der Waals surface area contributed by atoms with Gasteiger partial charge in [0.05, 0.1) is 24.8 Å². The minimum Gasteiger partial charge on any atom is -0.494 e. The number of benzene rings is 1. The highest BCUT2D eigenvalue weighted by molar-refractivity contribution is 8.18. The van der Waals surface area contributed by atoms with Gasteiger partial charge < -0.3 is 14.4 Å². The monoisotopic (exact) mass is 444 g/mol. The van der Waals surface area contributed by atoms with Crippen molar-refractivity contribution >= 4 is 35.0 Å². The maximum Gasteiger partial charge on any atom is 0.331 e. The van der Waals surface area contributed by atoms with Crippen LogP contribution in [0.4, 0.5) is 0 Å². The summed E-state index contributed by atoms with van der Waals surface area (Å²) in [4.78, 5) is 25.7. The predicted octanol–water partition coefficient (Wildman–Crippen LogP) is 2.80. The molecule has 166 valence electrons. The number of nitrogens with zero attached hydrogens (tertiary/aromatic N) is 3. The third-order valence-electron chi connectivity index (χ3n) is 4.97. The van der Waals surface area contributed by atoms with Gasteiger partial charge in [-0.15, -0.1) is 5.10 Å². The van der Waals surface area contributed by atoms with Gasteiger partial charge in [-0.2, -0.15) is 5.10 Å². The van der Waals surface area contributed by atoms with Gasteiger partial charge in [0.25, 0.3) is 5.91 Å². The number of hydrogen-bond donors (Lipinski definition) is 1. The number of methoxy groups -OCH3 is 1. The summed E-state index contributed by atoms with van der Waals surface area (Å²) in [6.45, 7) is 6.50. The SMILES string of the molecule is COC(=O)/C=C1/S/C(=N\N=Cc2ccc(OCCCN3CCCC(C)C3)cc2)NC1=O. The maximum atomic E-state index is 11.8. The van der Waals surface area contributed by atoms with E-state index in [2.05, 4.69) is 32.1 Å². The molecule has 2 heterocycles. The van der Waals surface area contributed by atoms with E-state index in [0.717, 1.165) is 48.0 Å². The number of piperidine rings is 1. The highest BCUT2D eigenvalue weighted by Gasteiger charge is 2.25. The second-order valence-corrected chi connectivity index (χ2v) is 8.59. The average molecular weight is 445 g/mol. The Morgan fingerprint density at radius 1 is 1.35 bits per heavy atom. The Morgan fingerprint density at radius 2 is 2.16 bits per heavy atom. The lowest BCUT2D eigenvalue weighted by atomic mass is 10.0. The zero-order chi connectivity index (χ0) is 22.1. The fraction of sp³-hybridized carbons (Fsp3) is 0.455. The summed E-state index contributed by atoms with van der Waals surface area (Å²) in [6.07, 6.45) is 6.37. The first-order valence-corrected chi connectivity index (χ1v) is 11.2. The number of carbonyl (C=O) groups is 2. The number of nitrogens with one attached hydrogen (secondary N) is 1. The first-order valence-electron chi connectivity index (χ1n) is 10.4. The van der Waals surface area contributed by atoms with Gasteiger partial charge in [-0.25, -0.2) is 4.79 Å². The van der Waals surface area contributed by atoms with Crippen LogP contribution in [0.3, 0.4) is 0 Å². The van der Waals surface area contributed by atoms with E-state index in [1.165, 1.54) is 33.0 Å². The van der Waals surface area contributed by atoms with Crippen LogP contribution in [0.25, 0.3) is 0 Å². The van der Waals surface area contributed by atoms with Crippen LogP contribution in [0.2, 0.25) is 0 Å². The molecule has 8 nitrogen and oxygen atoms in total. The summed E-state index contributed by atoms with van der Waals surface area (Å²) >= 11 is 1.03. The molecule has 0 bridgehead atoms. The smallest absolute Gasteiger partial charge is 0.331 e. The zero-order valence-corrected chi connectivity index (χ0v) is 18.7. The fourth-order valence-corrected chi connectivity index (χ4v) is 4.15. The summed E-state index contributed by atoms with van der Waals surface area (Å²) in [7, 11) is 1.25. The molecule has 1 N–H and O–H groups in total. The lowest BCUT2D eigenvalue weighted by Gasteiger charge is -2.30. The average Bonchev–Trinajstić information content (AvgIpc) is 3.11. The van der Waals surface area contributed by atoms with Crippen LogP contribution < -0.4 is 10.1 Å². The molecule has 1 aromatic rings. The first kappa shape index (κ1) is 23.0. The molecular formula is C22H28N4O4S. The van der Waals surface area contributed by atoms with Crippen LogP contribution in [0.5, 0.6) is 5.75 Å². The predicted molar refractivity (Wildman–Crippen MR) is 122 cm³/mol. The summed E-state index contributed by atoms with van der Waals surface area (Å²) in [5, 5.41) is 10.8. The van der Waals surface area contributed by atoms with E-state index in [1.807, 2.05) is 24.3 Å². The Labute approximate surface area is 186 Å². The number of esters is 1. The van der Waals surface area contributed by atoms with E-state index in [9.17, 15) is 9.59 Å². The zero-order valence-electron chi connectivity index (χ0n) is 17.9. The van der Waals surface area contributed by atoms with Crippen LogP contribution >= 0.6 is 11.8 Å². The second-order valence-electron chi connectivity index (χ2n) is 7.56. The summed E-state index contributed by atoms with van der Waals surface area (Å²) < 4.78 is 10.4. The molecule has 2 saturated heterocycles. The minimum absolute atomic E-state index is 0.220. The Balaban J connectivity index is 1.41. The highest BCUT2D eigenvalue weighted by atomic mass is 32.2. The molecule has 2 aliphatic rings. The minimum atomic E-state index is -0.592. The number of hydrogen-bond acceptors (Lipinski definition) is 8. The molecule has 2 fully saturated rings. The molecule has 31 heavy (non-hydrogen) atoms. The highest BCUT2D eigenvalue weighted by Crippen LogP contribution is 2.23. The Bertz CT molecular complexity index is 867. The van der Waals surface area contributed by atoms with Crippen molar-refractivity contribution in [1.82, 2.24) is 10.2 Å². The molecule has 0 aromatic heterocycles. The Kier molecular flexibility index (Phi) is 8.66. The molecular weight excluding hydrogens is 416 g/mol. The standard InChI is InChI=1S/C22H28N4O4S/c1-16-5-3-10-26(15-16)11-4-12-30-18-8-6-17(7-9-18)14-23-25-22-24-21(28)19(31-22)13-20(27)29-2/h6-9,13-14,16H,3-5,10-12,15H2,1-2H3,(H,24,25,28)/b19-13+,23-14?. The molecule has 1 unspecified atom stereocenters. The van der Waals surface area contributed by atoms with E-state index < -0.39 is 11.9 Å². The molecule has 2 aliphatic heterocycles. The van der Waals surface area contributed by atoms with E-state index in [1.54, 1.807) is 6.21 Å². The van der Waals surface area contributed by atoms with Gasteiger partial charge in [0.1, 0.15) is 5.75 Å². The van der Waals surface area contributed by atoms with Crippen molar-refractivity contribution in [3.8, 4) is 5.75 Å². The lowest BCUT2D eigenvalue weighted by Crippen LogP contribution is -2.35. The summed E-state index contributed by atoms with van der Waals surface area (Å²) in [5.41, 5.74) is 0.860. The van der Waals surface area contributed by atoms with Gasteiger partial charge in [-0.1, -0.05) is 6.92 Å². The number of carbonyl (C=O) groups excluding carboxylic acids is 2. The molecule has 0 saturated carbocycles. The number of likely N-dealkylation sites (tertiary alicyclic amines) is 1. The van der Waals surface area contributed by atoms with Crippen LogP contribution in [-0.4, -0.2) is 61.5 Å². The molecule has 9 heteroatoms. The van der Waals surface area contributed by atoms with Gasteiger partial charge in [0.2, 0.25) is 0 Å². The van der Waals surface area contributed by atoms with Crippen molar-refractivity contribution in [2.45, 2.75) is 26.2 Å². The van der Waals surface area contributed by atoms with Crippen LogP contribution in [0.1, 0.15) is 31.7 Å².